The van der Waals surface area contributed by atoms with Crippen LogP contribution < -0.4 is 0 Å². The molecular weight excluding hydrogens is 418 g/mol. The first kappa shape index (κ1) is 21.8. The van der Waals surface area contributed by atoms with Crippen molar-refractivity contribution >= 4 is 0 Å². The Hall–Kier alpha value is -1.49. The number of allylic oxidation sites excluding steroid dienone is 1. The molecule has 4 heterocycles. The Morgan fingerprint density at radius 2 is 1.97 bits per heavy atom. The predicted molar refractivity (Wildman–Crippen MR) is 135 cm³/mol. The van der Waals surface area contributed by atoms with Crippen molar-refractivity contribution in [3.05, 3.63) is 52.9 Å². The second kappa shape index (κ2) is 7.05. The van der Waals surface area contributed by atoms with Crippen LogP contribution in [0.3, 0.4) is 0 Å². The summed E-state index contributed by atoms with van der Waals surface area (Å²) in [6.45, 7) is 4.87. The lowest BCUT2D eigenvalue weighted by molar-refractivity contribution is -0.898. The molecule has 4 nitrogen and oxygen atoms in total. The number of aromatic nitrogens is 1. The van der Waals surface area contributed by atoms with Gasteiger partial charge in [-0.05, 0) is 84.6 Å². The summed E-state index contributed by atoms with van der Waals surface area (Å²) in [6, 6.07) is 3.58. The van der Waals surface area contributed by atoms with Crippen molar-refractivity contribution < 1.29 is 9.22 Å². The molecule has 182 valence electrons. The summed E-state index contributed by atoms with van der Waals surface area (Å²) in [5.74, 6) is 0.641. The fourth-order valence-electron chi connectivity index (χ4n) is 9.29. The molecule has 2 unspecified atom stereocenters. The summed E-state index contributed by atoms with van der Waals surface area (Å²) in [5, 5.41) is 0. The summed E-state index contributed by atoms with van der Waals surface area (Å²) in [4.78, 5) is 7.25. The Bertz CT molecular complexity index is 1080. The third-order valence-electron chi connectivity index (χ3n) is 11.2. The van der Waals surface area contributed by atoms with Crippen molar-refractivity contribution in [2.24, 2.45) is 11.3 Å². The quantitative estimate of drug-likeness (QED) is 0.578. The third-order valence-corrected chi connectivity index (χ3v) is 11.2. The van der Waals surface area contributed by atoms with Crippen molar-refractivity contribution in [2.45, 2.75) is 94.5 Å². The number of ether oxygens (including phenoxy) is 1. The van der Waals surface area contributed by atoms with Gasteiger partial charge in [-0.25, -0.2) is 0 Å². The van der Waals surface area contributed by atoms with Crippen LogP contribution in [0.2, 0.25) is 0 Å². The SMILES string of the molecule is CC12CC=C3C=C4CC[C@@H]([N+](C)(C)C)C[C@]45CC[C@]3(O5)[C@@H]1CCC2N1CCc2ccncc2C1. The molecule has 0 aromatic carbocycles. The third kappa shape index (κ3) is 2.85. The molecule has 0 amide bonds. The van der Waals surface area contributed by atoms with Gasteiger partial charge < -0.3 is 9.22 Å². The molecule has 2 saturated carbocycles. The van der Waals surface area contributed by atoms with Gasteiger partial charge in [0, 0.05) is 44.4 Å². The van der Waals surface area contributed by atoms with E-state index in [4.69, 9.17) is 4.74 Å². The molecule has 0 radical (unpaired) electrons. The van der Waals surface area contributed by atoms with Crippen molar-refractivity contribution in [1.29, 1.82) is 0 Å². The first-order valence-electron chi connectivity index (χ1n) is 13.8. The van der Waals surface area contributed by atoms with Crippen LogP contribution in [0, 0.1) is 11.3 Å². The van der Waals surface area contributed by atoms with E-state index in [0.717, 1.165) is 11.0 Å². The second-order valence-corrected chi connectivity index (χ2v) is 13.5. The highest BCUT2D eigenvalue weighted by atomic mass is 16.5. The molecule has 0 N–H and O–H groups in total. The van der Waals surface area contributed by atoms with Crippen LogP contribution in [0.15, 0.2) is 41.8 Å². The van der Waals surface area contributed by atoms with Crippen LogP contribution in [-0.2, 0) is 17.7 Å². The summed E-state index contributed by atoms with van der Waals surface area (Å²) in [6.07, 6.45) is 20.5. The van der Waals surface area contributed by atoms with E-state index in [1.165, 1.54) is 75.5 Å². The zero-order valence-electron chi connectivity index (χ0n) is 21.6. The lowest BCUT2D eigenvalue weighted by Gasteiger charge is -2.56. The molecule has 6 aliphatic rings. The van der Waals surface area contributed by atoms with E-state index < -0.39 is 0 Å². The van der Waals surface area contributed by atoms with E-state index in [-0.39, 0.29) is 11.2 Å². The van der Waals surface area contributed by atoms with Crippen molar-refractivity contribution in [2.75, 3.05) is 27.7 Å². The number of hydrogen-bond acceptors (Lipinski definition) is 3. The van der Waals surface area contributed by atoms with Crippen molar-refractivity contribution in [3.8, 4) is 0 Å². The lowest BCUT2D eigenvalue weighted by Crippen LogP contribution is -2.58. The van der Waals surface area contributed by atoms with E-state index in [0.29, 0.717) is 23.4 Å². The molecule has 2 bridgehead atoms. The van der Waals surface area contributed by atoms with Crippen LogP contribution in [0.5, 0.6) is 0 Å². The van der Waals surface area contributed by atoms with Crippen LogP contribution in [0.25, 0.3) is 0 Å². The summed E-state index contributed by atoms with van der Waals surface area (Å²) >= 11 is 0. The molecular formula is C30H42N3O+. The van der Waals surface area contributed by atoms with Gasteiger partial charge >= 0.3 is 0 Å². The Labute approximate surface area is 205 Å². The van der Waals surface area contributed by atoms with Gasteiger partial charge in [-0.3, -0.25) is 9.88 Å². The molecule has 6 atom stereocenters. The van der Waals surface area contributed by atoms with Crippen molar-refractivity contribution in [3.63, 3.8) is 0 Å². The average molecular weight is 461 g/mol. The standard InChI is InChI=1S/C30H42N3O/c1-28-12-9-24-17-23-5-6-25(33(2,3)4)18-29(23)13-14-30(24,34-29)26(28)7-8-27(28)32-16-11-21-10-15-31-19-22(21)20-32/h9-10,15,17,19,25-27H,5-8,11-14,16,18,20H2,1-4H3/q+1/t25-,26-,27?,28?,29-,30-/m1/s1. The average Bonchev–Trinajstić information content (AvgIpc) is 3.33. The molecule has 1 saturated heterocycles. The fourth-order valence-corrected chi connectivity index (χ4v) is 9.29. The summed E-state index contributed by atoms with van der Waals surface area (Å²) in [7, 11) is 7.13. The smallest absolute Gasteiger partial charge is 0.0975 e. The van der Waals surface area contributed by atoms with Gasteiger partial charge in [-0.2, -0.15) is 0 Å². The van der Waals surface area contributed by atoms with Gasteiger partial charge in [0.1, 0.15) is 0 Å². The number of pyridine rings is 1. The zero-order valence-corrected chi connectivity index (χ0v) is 21.6. The molecule has 7 rings (SSSR count). The fraction of sp³-hybridized carbons (Fsp3) is 0.700. The minimum atomic E-state index is -0.0345. The Morgan fingerprint density at radius 3 is 2.82 bits per heavy atom. The highest BCUT2D eigenvalue weighted by Crippen LogP contribution is 2.67. The van der Waals surface area contributed by atoms with Crippen LogP contribution in [-0.4, -0.2) is 65.3 Å². The Morgan fingerprint density at radius 1 is 1.09 bits per heavy atom. The van der Waals surface area contributed by atoms with Gasteiger partial charge in [-0.1, -0.05) is 19.1 Å². The maximum absolute atomic E-state index is 7.50. The Balaban J connectivity index is 1.21. The number of hydrogen-bond donors (Lipinski definition) is 0. The lowest BCUT2D eigenvalue weighted by atomic mass is 9.59. The normalized spacial score (nSPS) is 43.4. The summed E-state index contributed by atoms with van der Waals surface area (Å²) in [5.41, 5.74) is 6.40. The molecule has 3 fully saturated rings. The Kier molecular flexibility index (Phi) is 4.51. The van der Waals surface area contributed by atoms with Gasteiger partial charge in [0.15, 0.2) is 0 Å². The number of rotatable bonds is 2. The van der Waals surface area contributed by atoms with Gasteiger partial charge in [0.2, 0.25) is 0 Å². The number of quaternary nitrogens is 1. The summed E-state index contributed by atoms with van der Waals surface area (Å²) < 4.78 is 8.56. The molecule has 34 heavy (non-hydrogen) atoms. The van der Waals surface area contributed by atoms with E-state index in [1.807, 2.05) is 6.20 Å². The minimum Gasteiger partial charge on any atom is -0.359 e. The molecule has 3 aliphatic carbocycles. The first-order valence-corrected chi connectivity index (χ1v) is 13.8. The maximum Gasteiger partial charge on any atom is 0.0975 e. The van der Waals surface area contributed by atoms with Crippen molar-refractivity contribution in [1.82, 2.24) is 9.88 Å². The van der Waals surface area contributed by atoms with Gasteiger partial charge in [-0.15, -0.1) is 0 Å². The molecule has 1 aromatic rings. The van der Waals surface area contributed by atoms with Crippen LogP contribution >= 0.6 is 0 Å². The number of nitrogens with zero attached hydrogens (tertiary/aromatic N) is 3. The zero-order chi connectivity index (χ0) is 23.3. The monoisotopic (exact) mass is 460 g/mol. The maximum atomic E-state index is 7.50. The predicted octanol–water partition coefficient (Wildman–Crippen LogP) is 5.04. The minimum absolute atomic E-state index is 0.0118. The highest BCUT2D eigenvalue weighted by molar-refractivity contribution is 5.47. The molecule has 1 aromatic heterocycles. The topological polar surface area (TPSA) is 25.4 Å². The van der Waals surface area contributed by atoms with Gasteiger partial charge in [0.25, 0.3) is 0 Å². The van der Waals surface area contributed by atoms with Crippen LogP contribution in [0.1, 0.15) is 69.4 Å². The first-order chi connectivity index (χ1) is 16.2. The van der Waals surface area contributed by atoms with Crippen LogP contribution in [0.4, 0.5) is 0 Å². The van der Waals surface area contributed by atoms with Gasteiger partial charge in [0.05, 0.1) is 38.4 Å². The second-order valence-electron chi connectivity index (χ2n) is 13.5. The van der Waals surface area contributed by atoms with E-state index in [1.54, 1.807) is 11.1 Å². The molecule has 4 heteroatoms. The van der Waals surface area contributed by atoms with E-state index >= 15 is 0 Å². The molecule has 2 spiro atoms. The largest absolute Gasteiger partial charge is 0.359 e. The van der Waals surface area contributed by atoms with E-state index in [9.17, 15) is 0 Å². The van der Waals surface area contributed by atoms with E-state index in [2.05, 4.69) is 62.4 Å². The molecule has 3 aliphatic heterocycles. The highest BCUT2D eigenvalue weighted by Gasteiger charge is 2.67. The number of fused-ring (bicyclic) bond motifs is 2.